The van der Waals surface area contributed by atoms with Crippen molar-refractivity contribution in [2.24, 2.45) is 18.2 Å². The first-order chi connectivity index (χ1) is 8.72. The first-order valence-corrected chi connectivity index (χ1v) is 6.15. The molecule has 2 heterocycles. The smallest absolute Gasteiger partial charge is 0.0955 e. The molecule has 96 valence electrons. The van der Waals surface area contributed by atoms with E-state index < -0.39 is 0 Å². The molecule has 0 saturated carbocycles. The molecule has 1 fully saturated rings. The lowest BCUT2D eigenvalue weighted by molar-refractivity contribution is -0.0979. The number of nitrogens with zero attached hydrogens (tertiary/aromatic N) is 2. The van der Waals surface area contributed by atoms with Crippen LogP contribution >= 0.6 is 0 Å². The zero-order valence-corrected chi connectivity index (χ0v) is 10.5. The third-order valence-electron chi connectivity index (χ3n) is 3.64. The molecule has 5 nitrogen and oxygen atoms in total. The minimum atomic E-state index is 0.110. The molecule has 0 amide bonds. The van der Waals surface area contributed by atoms with Crippen molar-refractivity contribution in [2.45, 2.75) is 0 Å². The highest BCUT2D eigenvalue weighted by Crippen LogP contribution is 2.27. The van der Waals surface area contributed by atoms with Crippen LogP contribution in [0.5, 0.6) is 0 Å². The third kappa shape index (κ3) is 1.85. The van der Waals surface area contributed by atoms with Crippen LogP contribution in [0.25, 0.3) is 11.0 Å². The molecule has 0 bridgehead atoms. The van der Waals surface area contributed by atoms with E-state index in [9.17, 15) is 0 Å². The lowest BCUT2D eigenvalue weighted by atomic mass is 9.86. The molecule has 3 rings (SSSR count). The molecule has 1 aliphatic heterocycles. The van der Waals surface area contributed by atoms with E-state index in [2.05, 4.69) is 28.5 Å². The van der Waals surface area contributed by atoms with Crippen LogP contribution in [0, 0.1) is 5.41 Å². The van der Waals surface area contributed by atoms with Crippen molar-refractivity contribution >= 4 is 16.7 Å². The summed E-state index contributed by atoms with van der Waals surface area (Å²) in [5.41, 5.74) is 9.13. The van der Waals surface area contributed by atoms with Gasteiger partial charge >= 0.3 is 0 Å². The molecule has 3 N–H and O–H groups in total. The summed E-state index contributed by atoms with van der Waals surface area (Å²) in [6.07, 6.45) is 1.83. The average molecular weight is 246 g/mol. The molecule has 0 aliphatic carbocycles. The summed E-state index contributed by atoms with van der Waals surface area (Å²) in [5.74, 6) is 0. The van der Waals surface area contributed by atoms with E-state index in [0.717, 1.165) is 36.5 Å². The topological polar surface area (TPSA) is 65.1 Å². The quantitative estimate of drug-likeness (QED) is 0.843. The Hall–Kier alpha value is -1.59. The molecule has 18 heavy (non-hydrogen) atoms. The molecule has 5 heteroatoms. The van der Waals surface area contributed by atoms with Gasteiger partial charge in [0, 0.05) is 31.2 Å². The number of rotatable bonds is 4. The van der Waals surface area contributed by atoms with Gasteiger partial charge in [-0.3, -0.25) is 0 Å². The van der Waals surface area contributed by atoms with E-state index in [1.807, 2.05) is 17.9 Å². The van der Waals surface area contributed by atoms with Gasteiger partial charge in [-0.1, -0.05) is 0 Å². The number of benzene rings is 1. The van der Waals surface area contributed by atoms with Crippen molar-refractivity contribution in [1.29, 1.82) is 0 Å². The summed E-state index contributed by atoms with van der Waals surface area (Å²) >= 11 is 0. The van der Waals surface area contributed by atoms with Gasteiger partial charge in [-0.25, -0.2) is 4.98 Å². The highest BCUT2D eigenvalue weighted by Gasteiger charge is 2.36. The summed E-state index contributed by atoms with van der Waals surface area (Å²) in [6, 6.07) is 6.23. The number of aryl methyl sites for hydroxylation is 1. The molecule has 0 atom stereocenters. The largest absolute Gasteiger partial charge is 0.384 e. The molecule has 1 aliphatic rings. The molecule has 1 saturated heterocycles. The van der Waals surface area contributed by atoms with Crippen molar-refractivity contribution in [3.05, 3.63) is 24.5 Å². The second-order valence-corrected chi connectivity index (χ2v) is 5.11. The molecular weight excluding hydrogens is 228 g/mol. The van der Waals surface area contributed by atoms with Gasteiger partial charge in [0.25, 0.3) is 0 Å². The maximum absolute atomic E-state index is 5.79. The summed E-state index contributed by atoms with van der Waals surface area (Å²) in [5, 5.41) is 3.43. The maximum atomic E-state index is 5.79. The minimum Gasteiger partial charge on any atom is -0.384 e. The monoisotopic (exact) mass is 246 g/mol. The van der Waals surface area contributed by atoms with Crippen LogP contribution in [-0.2, 0) is 11.8 Å². The van der Waals surface area contributed by atoms with Crippen LogP contribution in [0.3, 0.4) is 0 Å². The molecule has 1 aromatic carbocycles. The predicted molar refractivity (Wildman–Crippen MR) is 71.5 cm³/mol. The van der Waals surface area contributed by atoms with Gasteiger partial charge in [-0.15, -0.1) is 0 Å². The highest BCUT2D eigenvalue weighted by atomic mass is 16.5. The number of anilines is 1. The Balaban J connectivity index is 1.74. The first-order valence-electron chi connectivity index (χ1n) is 6.15. The van der Waals surface area contributed by atoms with E-state index in [-0.39, 0.29) is 5.41 Å². The van der Waals surface area contributed by atoms with Crippen LogP contribution < -0.4 is 11.1 Å². The Morgan fingerprint density at radius 1 is 1.50 bits per heavy atom. The van der Waals surface area contributed by atoms with Crippen molar-refractivity contribution in [3.63, 3.8) is 0 Å². The molecule has 0 radical (unpaired) electrons. The van der Waals surface area contributed by atoms with Crippen LogP contribution in [0.2, 0.25) is 0 Å². The van der Waals surface area contributed by atoms with Crippen molar-refractivity contribution in [1.82, 2.24) is 9.55 Å². The summed E-state index contributed by atoms with van der Waals surface area (Å²) in [4.78, 5) is 4.35. The van der Waals surface area contributed by atoms with Crippen LogP contribution in [0.15, 0.2) is 24.5 Å². The Kier molecular flexibility index (Phi) is 2.72. The number of nitrogens with two attached hydrogens (primary N) is 1. The lowest BCUT2D eigenvalue weighted by Gasteiger charge is -2.40. The van der Waals surface area contributed by atoms with Crippen molar-refractivity contribution < 1.29 is 4.74 Å². The summed E-state index contributed by atoms with van der Waals surface area (Å²) < 4.78 is 7.27. The molecular formula is C13H18N4O. The normalized spacial score (nSPS) is 17.7. The van der Waals surface area contributed by atoms with Gasteiger partial charge < -0.3 is 20.4 Å². The SMILES string of the molecule is Cn1cnc2cc(NCC3(CN)COC3)ccc21. The van der Waals surface area contributed by atoms with Crippen LogP contribution in [0.1, 0.15) is 0 Å². The fraction of sp³-hybridized carbons (Fsp3) is 0.462. The summed E-state index contributed by atoms with van der Waals surface area (Å²) in [6.45, 7) is 3.01. The van der Waals surface area contributed by atoms with Crippen LogP contribution in [0.4, 0.5) is 5.69 Å². The fourth-order valence-corrected chi connectivity index (χ4v) is 2.22. The Bertz CT molecular complexity index is 554. The number of imidazole rings is 1. The molecule has 0 spiro atoms. The van der Waals surface area contributed by atoms with Gasteiger partial charge in [0.05, 0.1) is 30.6 Å². The van der Waals surface area contributed by atoms with Gasteiger partial charge in [0.1, 0.15) is 0 Å². The predicted octanol–water partition coefficient (Wildman–Crippen LogP) is 0.960. The van der Waals surface area contributed by atoms with E-state index in [1.165, 1.54) is 0 Å². The number of fused-ring (bicyclic) bond motifs is 1. The number of nitrogens with one attached hydrogen (secondary N) is 1. The maximum Gasteiger partial charge on any atom is 0.0955 e. The van der Waals surface area contributed by atoms with E-state index in [0.29, 0.717) is 6.54 Å². The van der Waals surface area contributed by atoms with E-state index in [4.69, 9.17) is 10.5 Å². The standard InChI is InChI=1S/C13H18N4O/c1-17-9-16-11-4-10(2-3-12(11)17)15-6-13(5-14)7-18-8-13/h2-4,9,15H,5-8,14H2,1H3. The van der Waals surface area contributed by atoms with E-state index >= 15 is 0 Å². The number of hydrogen-bond donors (Lipinski definition) is 2. The first kappa shape index (κ1) is 11.5. The van der Waals surface area contributed by atoms with Gasteiger partial charge in [0.2, 0.25) is 0 Å². The molecule has 2 aromatic rings. The Morgan fingerprint density at radius 3 is 3.00 bits per heavy atom. The van der Waals surface area contributed by atoms with Gasteiger partial charge in [0.15, 0.2) is 0 Å². The van der Waals surface area contributed by atoms with Gasteiger partial charge in [-0.2, -0.15) is 0 Å². The summed E-state index contributed by atoms with van der Waals surface area (Å²) in [7, 11) is 2.00. The number of aromatic nitrogens is 2. The number of hydrogen-bond acceptors (Lipinski definition) is 4. The fourth-order valence-electron chi connectivity index (χ4n) is 2.22. The Morgan fingerprint density at radius 2 is 2.33 bits per heavy atom. The second kappa shape index (κ2) is 4.26. The lowest BCUT2D eigenvalue weighted by Crippen LogP contribution is -2.52. The Labute approximate surface area is 106 Å². The second-order valence-electron chi connectivity index (χ2n) is 5.11. The van der Waals surface area contributed by atoms with Crippen molar-refractivity contribution in [2.75, 3.05) is 31.6 Å². The molecule has 0 unspecified atom stereocenters. The molecule has 1 aromatic heterocycles. The van der Waals surface area contributed by atoms with E-state index in [1.54, 1.807) is 0 Å². The van der Waals surface area contributed by atoms with Crippen LogP contribution in [-0.4, -0.2) is 35.9 Å². The zero-order chi connectivity index (χ0) is 12.6. The highest BCUT2D eigenvalue weighted by molar-refractivity contribution is 5.79. The minimum absolute atomic E-state index is 0.110. The third-order valence-corrected chi connectivity index (χ3v) is 3.64. The number of ether oxygens (including phenoxy) is 1. The average Bonchev–Trinajstić information content (AvgIpc) is 2.70. The zero-order valence-electron chi connectivity index (χ0n) is 10.5. The van der Waals surface area contributed by atoms with Crippen molar-refractivity contribution in [3.8, 4) is 0 Å². The van der Waals surface area contributed by atoms with Gasteiger partial charge in [-0.05, 0) is 18.2 Å².